The van der Waals surface area contributed by atoms with Crippen LogP contribution in [0.2, 0.25) is 5.02 Å². The van der Waals surface area contributed by atoms with Crippen LogP contribution in [0.25, 0.3) is 0 Å². The molecule has 0 amide bonds. The Kier molecular flexibility index (Phi) is 6.84. The molecule has 1 unspecified atom stereocenters. The van der Waals surface area contributed by atoms with Gasteiger partial charge in [0.05, 0.1) is 7.11 Å². The second-order valence-electron chi connectivity index (χ2n) is 4.22. The first-order valence-corrected chi connectivity index (χ1v) is 6.78. The van der Waals surface area contributed by atoms with Gasteiger partial charge in [-0.1, -0.05) is 24.6 Å². The zero-order valence-corrected chi connectivity index (χ0v) is 12.0. The molecule has 1 rings (SSSR count). The van der Waals surface area contributed by atoms with E-state index in [1.165, 1.54) is 0 Å². The van der Waals surface area contributed by atoms with Crippen LogP contribution in [0.5, 0.6) is 5.75 Å². The molecule has 3 heteroatoms. The zero-order valence-electron chi connectivity index (χ0n) is 11.2. The molecular weight excluding hydrogens is 246 g/mol. The first kappa shape index (κ1) is 15.1. The van der Waals surface area contributed by atoms with E-state index in [2.05, 4.69) is 18.8 Å². The molecule has 100 valence electrons. The van der Waals surface area contributed by atoms with Gasteiger partial charge < -0.3 is 10.1 Å². The normalized spacial score (nSPS) is 12.2. The lowest BCUT2D eigenvalue weighted by Gasteiger charge is -2.20. The van der Waals surface area contributed by atoms with E-state index in [-0.39, 0.29) is 6.04 Å². The molecule has 0 fully saturated rings. The fraction of sp³-hybridized carbons (Fsp3) is 0.467. The summed E-state index contributed by atoms with van der Waals surface area (Å²) in [6.07, 6.45) is 5.15. The average molecular weight is 268 g/mol. The van der Waals surface area contributed by atoms with Crippen molar-refractivity contribution in [1.82, 2.24) is 5.32 Å². The number of allylic oxidation sites excluding steroid dienone is 1. The van der Waals surface area contributed by atoms with Gasteiger partial charge in [0.15, 0.2) is 0 Å². The summed E-state index contributed by atoms with van der Waals surface area (Å²) in [6.45, 7) is 6.79. The van der Waals surface area contributed by atoms with Crippen molar-refractivity contribution in [3.63, 3.8) is 0 Å². The third-order valence-electron chi connectivity index (χ3n) is 2.92. The molecular formula is C15H22ClNO. The lowest BCUT2D eigenvalue weighted by molar-refractivity contribution is 0.395. The molecule has 0 bridgehead atoms. The van der Waals surface area contributed by atoms with Crippen LogP contribution in [0, 0.1) is 0 Å². The molecule has 1 aromatic rings. The van der Waals surface area contributed by atoms with Gasteiger partial charge >= 0.3 is 0 Å². The van der Waals surface area contributed by atoms with Crippen LogP contribution in [0.4, 0.5) is 0 Å². The Labute approximate surface area is 115 Å². The summed E-state index contributed by atoms with van der Waals surface area (Å²) in [4.78, 5) is 0. The van der Waals surface area contributed by atoms with Crippen LogP contribution in [0.1, 0.15) is 37.8 Å². The fourth-order valence-electron chi connectivity index (χ4n) is 2.06. The van der Waals surface area contributed by atoms with Gasteiger partial charge in [-0.3, -0.25) is 0 Å². The Morgan fingerprint density at radius 1 is 1.50 bits per heavy atom. The Balaban J connectivity index is 2.88. The van der Waals surface area contributed by atoms with E-state index in [9.17, 15) is 0 Å². The van der Waals surface area contributed by atoms with Crippen molar-refractivity contribution in [3.8, 4) is 5.75 Å². The molecule has 0 saturated carbocycles. The van der Waals surface area contributed by atoms with Gasteiger partial charge in [0, 0.05) is 16.6 Å². The van der Waals surface area contributed by atoms with Gasteiger partial charge in [0.2, 0.25) is 0 Å². The number of rotatable bonds is 8. The first-order valence-electron chi connectivity index (χ1n) is 6.40. The second kappa shape index (κ2) is 8.17. The molecule has 1 aromatic carbocycles. The van der Waals surface area contributed by atoms with Crippen LogP contribution in [0.15, 0.2) is 30.9 Å². The highest BCUT2D eigenvalue weighted by Crippen LogP contribution is 2.31. The highest BCUT2D eigenvalue weighted by molar-refractivity contribution is 6.30. The molecule has 0 radical (unpaired) electrons. The summed E-state index contributed by atoms with van der Waals surface area (Å²) in [7, 11) is 1.69. The lowest BCUT2D eigenvalue weighted by Crippen LogP contribution is -2.21. The van der Waals surface area contributed by atoms with E-state index in [1.807, 2.05) is 24.3 Å². The third-order valence-corrected chi connectivity index (χ3v) is 3.15. The Hall–Kier alpha value is -0.990. The molecule has 0 saturated heterocycles. The maximum Gasteiger partial charge on any atom is 0.123 e. The number of methoxy groups -OCH3 is 1. The van der Waals surface area contributed by atoms with Gasteiger partial charge in [0.1, 0.15) is 5.75 Å². The van der Waals surface area contributed by atoms with Crippen LogP contribution in [-0.2, 0) is 0 Å². The van der Waals surface area contributed by atoms with E-state index in [0.29, 0.717) is 0 Å². The van der Waals surface area contributed by atoms with Gasteiger partial charge in [-0.25, -0.2) is 0 Å². The molecule has 0 spiro atoms. The summed E-state index contributed by atoms with van der Waals surface area (Å²) < 4.78 is 5.42. The van der Waals surface area contributed by atoms with Gasteiger partial charge in [-0.05, 0) is 44.0 Å². The molecule has 1 atom stereocenters. The van der Waals surface area contributed by atoms with Crippen LogP contribution >= 0.6 is 11.6 Å². The lowest BCUT2D eigenvalue weighted by atomic mass is 10.00. The van der Waals surface area contributed by atoms with E-state index < -0.39 is 0 Å². The largest absolute Gasteiger partial charge is 0.496 e. The van der Waals surface area contributed by atoms with Crippen molar-refractivity contribution in [3.05, 3.63) is 41.4 Å². The SMILES string of the molecule is C=CCCCC(NCC)c1cc(Cl)ccc1OC. The standard InChI is InChI=1S/C15H22ClNO/c1-4-6-7-8-14(17-5-2)13-11-12(16)9-10-15(13)18-3/h4,9-11,14,17H,1,5-8H2,2-3H3. The molecule has 0 aliphatic rings. The fourth-order valence-corrected chi connectivity index (χ4v) is 2.24. The first-order chi connectivity index (χ1) is 8.72. The maximum atomic E-state index is 6.08. The second-order valence-corrected chi connectivity index (χ2v) is 4.65. The number of benzene rings is 1. The third kappa shape index (κ3) is 4.35. The summed E-state index contributed by atoms with van der Waals surface area (Å²) in [5.41, 5.74) is 1.14. The molecule has 2 nitrogen and oxygen atoms in total. The van der Waals surface area contributed by atoms with E-state index in [0.717, 1.165) is 42.1 Å². The van der Waals surface area contributed by atoms with Crippen LogP contribution < -0.4 is 10.1 Å². The number of ether oxygens (including phenoxy) is 1. The van der Waals surface area contributed by atoms with Gasteiger partial charge in [-0.2, -0.15) is 0 Å². The van der Waals surface area contributed by atoms with Crippen molar-refractivity contribution in [1.29, 1.82) is 0 Å². The minimum absolute atomic E-state index is 0.281. The van der Waals surface area contributed by atoms with E-state index in [4.69, 9.17) is 16.3 Å². The van der Waals surface area contributed by atoms with Gasteiger partial charge in [-0.15, -0.1) is 6.58 Å². The molecule has 0 aliphatic carbocycles. The summed E-state index contributed by atoms with van der Waals surface area (Å²) in [6, 6.07) is 6.05. The summed E-state index contributed by atoms with van der Waals surface area (Å²) in [5.74, 6) is 0.893. The van der Waals surface area contributed by atoms with Crippen molar-refractivity contribution in [2.75, 3.05) is 13.7 Å². The summed E-state index contributed by atoms with van der Waals surface area (Å²) >= 11 is 6.08. The minimum atomic E-state index is 0.281. The van der Waals surface area contributed by atoms with E-state index >= 15 is 0 Å². The van der Waals surface area contributed by atoms with E-state index in [1.54, 1.807) is 7.11 Å². The Morgan fingerprint density at radius 3 is 2.89 bits per heavy atom. The molecule has 18 heavy (non-hydrogen) atoms. The monoisotopic (exact) mass is 267 g/mol. The number of halogens is 1. The maximum absolute atomic E-state index is 6.08. The number of unbranched alkanes of at least 4 members (excludes halogenated alkanes) is 1. The van der Waals surface area contributed by atoms with Crippen molar-refractivity contribution >= 4 is 11.6 Å². The molecule has 0 aromatic heterocycles. The highest BCUT2D eigenvalue weighted by Gasteiger charge is 2.15. The van der Waals surface area contributed by atoms with Crippen molar-refractivity contribution < 1.29 is 4.74 Å². The molecule has 1 N–H and O–H groups in total. The number of nitrogens with one attached hydrogen (secondary N) is 1. The van der Waals surface area contributed by atoms with Crippen molar-refractivity contribution in [2.45, 2.75) is 32.2 Å². The minimum Gasteiger partial charge on any atom is -0.496 e. The zero-order chi connectivity index (χ0) is 13.4. The Morgan fingerprint density at radius 2 is 2.28 bits per heavy atom. The quantitative estimate of drug-likeness (QED) is 0.558. The van der Waals surface area contributed by atoms with Crippen LogP contribution in [-0.4, -0.2) is 13.7 Å². The smallest absolute Gasteiger partial charge is 0.123 e. The number of hydrogen-bond acceptors (Lipinski definition) is 2. The topological polar surface area (TPSA) is 21.3 Å². The van der Waals surface area contributed by atoms with Crippen LogP contribution in [0.3, 0.4) is 0 Å². The highest BCUT2D eigenvalue weighted by atomic mass is 35.5. The van der Waals surface area contributed by atoms with Gasteiger partial charge in [0.25, 0.3) is 0 Å². The predicted molar refractivity (Wildman–Crippen MR) is 78.5 cm³/mol. The summed E-state index contributed by atoms with van der Waals surface area (Å²) in [5, 5.41) is 4.23. The number of hydrogen-bond donors (Lipinski definition) is 1. The predicted octanol–water partition coefficient (Wildman–Crippen LogP) is 4.36. The Bertz CT molecular complexity index is 379. The van der Waals surface area contributed by atoms with Crippen molar-refractivity contribution in [2.24, 2.45) is 0 Å². The molecule has 0 heterocycles. The average Bonchev–Trinajstić information content (AvgIpc) is 2.38. The molecule has 0 aliphatic heterocycles.